The summed E-state index contributed by atoms with van der Waals surface area (Å²) < 4.78 is 23.6. The van der Waals surface area contributed by atoms with E-state index in [1.165, 1.54) is 0 Å². The molecule has 0 bridgehead atoms. The van der Waals surface area contributed by atoms with Crippen molar-refractivity contribution in [2.24, 2.45) is 0 Å². The Balaban J connectivity index is 1.74. The predicted molar refractivity (Wildman–Crippen MR) is 187 cm³/mol. The van der Waals surface area contributed by atoms with Crippen LogP contribution >= 0.6 is 0 Å². The maximum atomic E-state index is 12.2. The lowest BCUT2D eigenvalue weighted by Crippen LogP contribution is -2.32. The Morgan fingerprint density at radius 3 is 1.37 bits per heavy atom. The van der Waals surface area contributed by atoms with Crippen molar-refractivity contribution in [2.75, 3.05) is 0 Å². The Morgan fingerprint density at radius 2 is 1.00 bits per heavy atom. The molecule has 5 rings (SSSR count). The SMILES string of the molecule is C=CC(=O)OC(CC(C)O)Oc1cccc(C2(c3cccc(OC(CC(C)O)OC(=O)C=C)c3C)c3ccccc3-c3ccccc32)c1C. The Labute approximate surface area is 287 Å². The van der Waals surface area contributed by atoms with E-state index in [1.807, 2.05) is 62.4 Å². The minimum absolute atomic E-state index is 0.0581. The highest BCUT2D eigenvalue weighted by Gasteiger charge is 2.48. The Hall–Kier alpha value is -5.18. The van der Waals surface area contributed by atoms with Crippen LogP contribution in [0.5, 0.6) is 11.5 Å². The maximum absolute atomic E-state index is 12.2. The normalized spacial score (nSPS) is 15.1. The number of ether oxygens (including phenoxy) is 4. The summed E-state index contributed by atoms with van der Waals surface area (Å²) >= 11 is 0. The molecule has 8 nitrogen and oxygen atoms in total. The van der Waals surface area contributed by atoms with Crippen LogP contribution in [0.1, 0.15) is 60.1 Å². The van der Waals surface area contributed by atoms with E-state index >= 15 is 0 Å². The molecule has 4 aromatic rings. The predicted octanol–water partition coefficient (Wildman–Crippen LogP) is 7.08. The second-order valence-electron chi connectivity index (χ2n) is 12.2. The van der Waals surface area contributed by atoms with E-state index in [0.29, 0.717) is 11.5 Å². The summed E-state index contributed by atoms with van der Waals surface area (Å²) in [6.07, 6.45) is -1.46. The third-order valence-electron chi connectivity index (χ3n) is 8.74. The van der Waals surface area contributed by atoms with Crippen LogP contribution < -0.4 is 9.47 Å². The van der Waals surface area contributed by atoms with Crippen molar-refractivity contribution < 1.29 is 38.7 Å². The van der Waals surface area contributed by atoms with Crippen LogP contribution in [0.2, 0.25) is 0 Å². The number of carbonyl (C=O) groups is 2. The number of aliphatic hydroxyl groups excluding tert-OH is 2. The fourth-order valence-electron chi connectivity index (χ4n) is 6.69. The Kier molecular flexibility index (Phi) is 10.7. The van der Waals surface area contributed by atoms with Gasteiger partial charge in [-0.25, -0.2) is 9.59 Å². The molecule has 8 heteroatoms. The molecule has 1 aliphatic rings. The number of fused-ring (bicyclic) bond motifs is 3. The molecule has 4 unspecified atom stereocenters. The van der Waals surface area contributed by atoms with Crippen molar-refractivity contribution in [1.82, 2.24) is 0 Å². The summed E-state index contributed by atoms with van der Waals surface area (Å²) in [5, 5.41) is 20.3. The summed E-state index contributed by atoms with van der Waals surface area (Å²) in [6.45, 7) is 14.1. The van der Waals surface area contributed by atoms with Gasteiger partial charge in [0.05, 0.1) is 17.6 Å². The molecule has 2 N–H and O–H groups in total. The maximum Gasteiger partial charge on any atom is 0.333 e. The number of hydrogen-bond donors (Lipinski definition) is 2. The number of benzene rings is 4. The average molecular weight is 663 g/mol. The molecule has 0 aromatic heterocycles. The van der Waals surface area contributed by atoms with E-state index in [2.05, 4.69) is 49.6 Å². The van der Waals surface area contributed by atoms with Crippen LogP contribution in [-0.4, -0.2) is 46.9 Å². The van der Waals surface area contributed by atoms with Crippen LogP contribution in [0, 0.1) is 13.8 Å². The topological polar surface area (TPSA) is 112 Å². The van der Waals surface area contributed by atoms with Gasteiger partial charge in [-0.15, -0.1) is 0 Å². The molecule has 1 aliphatic carbocycles. The quantitative estimate of drug-likeness (QED) is 0.0738. The molecule has 4 atom stereocenters. The van der Waals surface area contributed by atoms with Gasteiger partial charge >= 0.3 is 11.9 Å². The van der Waals surface area contributed by atoms with Crippen LogP contribution in [0.15, 0.2) is 110 Å². The average Bonchev–Trinajstić information content (AvgIpc) is 3.36. The van der Waals surface area contributed by atoms with Crippen molar-refractivity contribution >= 4 is 11.9 Å². The number of hydrogen-bond acceptors (Lipinski definition) is 8. The largest absolute Gasteiger partial charge is 0.454 e. The van der Waals surface area contributed by atoms with E-state index in [9.17, 15) is 19.8 Å². The molecular weight excluding hydrogens is 620 g/mol. The molecule has 0 fully saturated rings. The van der Waals surface area contributed by atoms with Crippen molar-refractivity contribution in [3.05, 3.63) is 144 Å². The molecule has 0 spiro atoms. The third kappa shape index (κ3) is 7.02. The second-order valence-corrected chi connectivity index (χ2v) is 12.2. The van der Waals surface area contributed by atoms with Gasteiger partial charge in [0.25, 0.3) is 0 Å². The first-order valence-electron chi connectivity index (χ1n) is 16.3. The van der Waals surface area contributed by atoms with Gasteiger partial charge in [-0.3, -0.25) is 0 Å². The molecule has 0 saturated carbocycles. The van der Waals surface area contributed by atoms with Crippen LogP contribution in [0.3, 0.4) is 0 Å². The standard InChI is InChI=1S/C41H42O8/c1-7-37(44)48-39(23-25(3)42)46-35-21-13-19-31(27(35)5)41(33-17-11-9-15-29(33)30-16-10-12-18-34(30)41)32-20-14-22-36(28(32)6)47-40(24-26(4)43)49-38(45)8-2/h7-22,25-26,39-40,42-43H,1-2,23-24H2,3-6H3. The van der Waals surface area contributed by atoms with Gasteiger partial charge < -0.3 is 29.2 Å². The molecule has 0 amide bonds. The number of carbonyl (C=O) groups excluding carboxylic acids is 2. The van der Waals surface area contributed by atoms with E-state index in [1.54, 1.807) is 13.8 Å². The van der Waals surface area contributed by atoms with Crippen molar-refractivity contribution in [3.8, 4) is 22.6 Å². The zero-order chi connectivity index (χ0) is 35.3. The summed E-state index contributed by atoms with van der Waals surface area (Å²) in [5.74, 6) is -0.344. The lowest BCUT2D eigenvalue weighted by Gasteiger charge is -2.37. The van der Waals surface area contributed by atoms with Gasteiger partial charge in [0, 0.05) is 25.0 Å². The highest BCUT2D eigenvalue weighted by atomic mass is 16.7. The van der Waals surface area contributed by atoms with Crippen molar-refractivity contribution in [1.29, 1.82) is 0 Å². The minimum atomic E-state index is -1.05. The number of rotatable bonds is 14. The molecule has 0 heterocycles. The highest BCUT2D eigenvalue weighted by Crippen LogP contribution is 2.58. The van der Waals surface area contributed by atoms with Gasteiger partial charge in [0.1, 0.15) is 11.5 Å². The van der Waals surface area contributed by atoms with Gasteiger partial charge in [0.15, 0.2) is 0 Å². The third-order valence-corrected chi connectivity index (χ3v) is 8.74. The zero-order valence-electron chi connectivity index (χ0n) is 28.2. The minimum Gasteiger partial charge on any atom is -0.454 e. The summed E-state index contributed by atoms with van der Waals surface area (Å²) in [4.78, 5) is 24.4. The van der Waals surface area contributed by atoms with Crippen LogP contribution in [0.4, 0.5) is 0 Å². The molecule has 0 radical (unpaired) electrons. The number of aliphatic hydroxyl groups is 2. The zero-order valence-corrected chi connectivity index (χ0v) is 28.2. The first-order chi connectivity index (χ1) is 23.5. The monoisotopic (exact) mass is 662 g/mol. The Bertz CT molecular complexity index is 1720. The van der Waals surface area contributed by atoms with Gasteiger partial charge in [0.2, 0.25) is 12.6 Å². The summed E-state index contributed by atoms with van der Waals surface area (Å²) in [7, 11) is 0. The molecular formula is C41H42O8. The van der Waals surface area contributed by atoms with Crippen LogP contribution in [-0.2, 0) is 24.5 Å². The molecule has 4 aromatic carbocycles. The first kappa shape index (κ1) is 35.1. The Morgan fingerprint density at radius 1 is 0.633 bits per heavy atom. The van der Waals surface area contributed by atoms with Gasteiger partial charge in [-0.2, -0.15) is 0 Å². The van der Waals surface area contributed by atoms with Crippen molar-refractivity contribution in [3.63, 3.8) is 0 Å². The fraction of sp³-hybridized carbons (Fsp3) is 0.268. The first-order valence-corrected chi connectivity index (χ1v) is 16.3. The van der Waals surface area contributed by atoms with Gasteiger partial charge in [-0.1, -0.05) is 86.0 Å². The van der Waals surface area contributed by atoms with E-state index in [4.69, 9.17) is 18.9 Å². The lowest BCUT2D eigenvalue weighted by molar-refractivity contribution is -0.162. The second kappa shape index (κ2) is 14.9. The summed E-state index contributed by atoms with van der Waals surface area (Å²) in [5.41, 5.74) is 6.84. The number of esters is 2. The molecule has 0 saturated heterocycles. The fourth-order valence-corrected chi connectivity index (χ4v) is 6.69. The van der Waals surface area contributed by atoms with Crippen molar-refractivity contribution in [2.45, 2.75) is 70.7 Å². The van der Waals surface area contributed by atoms with Gasteiger partial charge in [-0.05, 0) is 84.3 Å². The highest BCUT2D eigenvalue weighted by molar-refractivity contribution is 5.87. The molecule has 254 valence electrons. The van der Waals surface area contributed by atoms with E-state index in [0.717, 1.165) is 56.7 Å². The summed E-state index contributed by atoms with van der Waals surface area (Å²) in [6, 6.07) is 28.1. The van der Waals surface area contributed by atoms with Crippen LogP contribution in [0.25, 0.3) is 11.1 Å². The van der Waals surface area contributed by atoms with E-state index < -0.39 is 42.1 Å². The smallest absolute Gasteiger partial charge is 0.333 e. The molecule has 0 aliphatic heterocycles. The molecule has 49 heavy (non-hydrogen) atoms. The van der Waals surface area contributed by atoms with E-state index in [-0.39, 0.29) is 12.8 Å². The lowest BCUT2D eigenvalue weighted by atomic mass is 9.65.